The van der Waals surface area contributed by atoms with Gasteiger partial charge in [-0.25, -0.2) is 0 Å². The molecule has 2 rings (SSSR count). The molecule has 0 spiro atoms. The van der Waals surface area contributed by atoms with Crippen molar-refractivity contribution in [2.45, 2.75) is 19.9 Å². The number of aliphatic imine (C=N–C) groups is 1. The van der Waals surface area contributed by atoms with E-state index in [1.165, 1.54) is 0 Å². The van der Waals surface area contributed by atoms with Crippen LogP contribution in [0.2, 0.25) is 0 Å². The number of rotatable bonds is 5. The maximum atomic E-state index is 12.5. The third-order valence-corrected chi connectivity index (χ3v) is 4.36. The molecule has 0 radical (unpaired) electrons. The number of guanidine groups is 1. The summed E-state index contributed by atoms with van der Waals surface area (Å²) in [5.74, 6) is 0.850. The summed E-state index contributed by atoms with van der Waals surface area (Å²) in [6.45, 7) is 7.79. The summed E-state index contributed by atoms with van der Waals surface area (Å²) in [5, 5.41) is 7.49. The lowest BCUT2D eigenvalue weighted by Gasteiger charge is -2.35. The van der Waals surface area contributed by atoms with Crippen molar-refractivity contribution < 1.29 is 4.79 Å². The number of amides is 1. The van der Waals surface area contributed by atoms with Crippen molar-refractivity contribution in [1.29, 1.82) is 0 Å². The van der Waals surface area contributed by atoms with E-state index in [-0.39, 0.29) is 5.91 Å². The molecule has 134 valence electrons. The quantitative estimate of drug-likeness (QED) is 0.605. The Kier molecular flexibility index (Phi) is 6.19. The van der Waals surface area contributed by atoms with Gasteiger partial charge in [-0.1, -0.05) is 0 Å². The Labute approximate surface area is 144 Å². The number of anilines is 1. The van der Waals surface area contributed by atoms with Crippen LogP contribution < -0.4 is 10.2 Å². The van der Waals surface area contributed by atoms with Crippen LogP contribution in [0.15, 0.2) is 17.4 Å². The van der Waals surface area contributed by atoms with Crippen molar-refractivity contribution in [3.63, 3.8) is 0 Å². The van der Waals surface area contributed by atoms with Crippen LogP contribution in [0.4, 0.5) is 5.69 Å². The van der Waals surface area contributed by atoms with Crippen LogP contribution >= 0.6 is 0 Å². The van der Waals surface area contributed by atoms with Gasteiger partial charge in [-0.15, -0.1) is 0 Å². The van der Waals surface area contributed by atoms with Gasteiger partial charge in [-0.2, -0.15) is 5.10 Å². The van der Waals surface area contributed by atoms with Gasteiger partial charge in [0.15, 0.2) is 5.96 Å². The SMILES string of the molecule is CN=C(NCCN(C)C(C)C)N1CCN(c2cnn(C)c2)C(=O)C1. The molecule has 2 heterocycles. The van der Waals surface area contributed by atoms with Crippen LogP contribution in [0.1, 0.15) is 13.8 Å². The second-order valence-electron chi connectivity index (χ2n) is 6.39. The summed E-state index contributed by atoms with van der Waals surface area (Å²) in [4.78, 5) is 22.8. The van der Waals surface area contributed by atoms with Crippen LogP contribution in [0.25, 0.3) is 0 Å². The number of likely N-dealkylation sites (N-methyl/N-ethyl adjacent to an activating group) is 1. The number of nitrogens with zero attached hydrogens (tertiary/aromatic N) is 6. The lowest BCUT2D eigenvalue weighted by Crippen LogP contribution is -2.56. The highest BCUT2D eigenvalue weighted by atomic mass is 16.2. The van der Waals surface area contributed by atoms with Crippen molar-refractivity contribution >= 4 is 17.6 Å². The number of hydrogen-bond donors (Lipinski definition) is 1. The van der Waals surface area contributed by atoms with E-state index in [0.29, 0.717) is 19.1 Å². The predicted molar refractivity (Wildman–Crippen MR) is 96.3 cm³/mol. The van der Waals surface area contributed by atoms with Crippen molar-refractivity contribution in [2.24, 2.45) is 12.0 Å². The Balaban J connectivity index is 1.87. The highest BCUT2D eigenvalue weighted by Gasteiger charge is 2.27. The van der Waals surface area contributed by atoms with Crippen LogP contribution in [0.3, 0.4) is 0 Å². The van der Waals surface area contributed by atoms with Crippen LogP contribution in [0, 0.1) is 0 Å². The van der Waals surface area contributed by atoms with Crippen LogP contribution in [-0.2, 0) is 11.8 Å². The standard InChI is InChI=1S/C16H29N7O/c1-13(2)20(4)7-6-18-16(17-3)22-8-9-23(15(24)12-22)14-10-19-21(5)11-14/h10-11,13H,6-9,12H2,1-5H3,(H,17,18). The van der Waals surface area contributed by atoms with Gasteiger partial charge in [-0.3, -0.25) is 14.5 Å². The molecule has 0 bridgehead atoms. The second kappa shape index (κ2) is 8.14. The molecule has 0 aliphatic carbocycles. The Morgan fingerprint density at radius 2 is 2.21 bits per heavy atom. The number of aryl methyl sites for hydroxylation is 1. The summed E-state index contributed by atoms with van der Waals surface area (Å²) < 4.78 is 1.71. The first-order valence-corrected chi connectivity index (χ1v) is 8.37. The van der Waals surface area contributed by atoms with Gasteiger partial charge < -0.3 is 20.0 Å². The zero-order chi connectivity index (χ0) is 17.7. The molecule has 1 aromatic heterocycles. The lowest BCUT2D eigenvalue weighted by atomic mass is 10.3. The number of aromatic nitrogens is 2. The fourth-order valence-corrected chi connectivity index (χ4v) is 2.61. The molecule has 0 atom stereocenters. The lowest BCUT2D eigenvalue weighted by molar-refractivity contribution is -0.120. The van der Waals surface area contributed by atoms with Crippen molar-refractivity contribution in [2.75, 3.05) is 51.7 Å². The summed E-state index contributed by atoms with van der Waals surface area (Å²) >= 11 is 0. The Hall–Kier alpha value is -2.09. The molecule has 8 nitrogen and oxygen atoms in total. The molecule has 1 aromatic rings. The molecule has 0 saturated carbocycles. The van der Waals surface area contributed by atoms with Gasteiger partial charge >= 0.3 is 0 Å². The smallest absolute Gasteiger partial charge is 0.246 e. The third-order valence-electron chi connectivity index (χ3n) is 4.36. The van der Waals surface area contributed by atoms with Crippen molar-refractivity contribution in [3.8, 4) is 0 Å². The normalized spacial score (nSPS) is 16.5. The maximum Gasteiger partial charge on any atom is 0.246 e. The molecule has 8 heteroatoms. The molecule has 0 unspecified atom stereocenters. The van der Waals surface area contributed by atoms with E-state index in [2.05, 4.69) is 41.2 Å². The number of nitrogens with one attached hydrogen (secondary N) is 1. The molecule has 0 aromatic carbocycles. The van der Waals surface area contributed by atoms with E-state index < -0.39 is 0 Å². The fraction of sp³-hybridized carbons (Fsp3) is 0.688. The maximum absolute atomic E-state index is 12.5. The minimum Gasteiger partial charge on any atom is -0.355 e. The molecule has 24 heavy (non-hydrogen) atoms. The zero-order valence-corrected chi connectivity index (χ0v) is 15.4. The highest BCUT2D eigenvalue weighted by Crippen LogP contribution is 2.15. The van der Waals surface area contributed by atoms with Gasteiger partial charge in [0.05, 0.1) is 11.9 Å². The first-order valence-electron chi connectivity index (χ1n) is 8.37. The van der Waals surface area contributed by atoms with Crippen molar-refractivity contribution in [3.05, 3.63) is 12.4 Å². The number of piperazine rings is 1. The molecule has 1 aliphatic heterocycles. The van der Waals surface area contributed by atoms with E-state index in [1.807, 2.05) is 18.1 Å². The van der Waals surface area contributed by atoms with Crippen molar-refractivity contribution in [1.82, 2.24) is 24.9 Å². The average Bonchev–Trinajstić information content (AvgIpc) is 2.97. The molecular formula is C16H29N7O. The number of carbonyl (C=O) groups excluding carboxylic acids is 1. The molecule has 1 N–H and O–H groups in total. The first-order chi connectivity index (χ1) is 11.4. The second-order valence-corrected chi connectivity index (χ2v) is 6.39. The molecular weight excluding hydrogens is 306 g/mol. The van der Waals surface area contributed by atoms with Gasteiger partial charge in [0.1, 0.15) is 6.54 Å². The van der Waals surface area contributed by atoms with Gasteiger partial charge in [-0.05, 0) is 20.9 Å². The highest BCUT2D eigenvalue weighted by molar-refractivity contribution is 5.98. The largest absolute Gasteiger partial charge is 0.355 e. The first kappa shape index (κ1) is 18.3. The van der Waals surface area contributed by atoms with E-state index in [1.54, 1.807) is 22.8 Å². The topological polar surface area (TPSA) is 69.0 Å². The van der Waals surface area contributed by atoms with E-state index in [0.717, 1.165) is 31.3 Å². The van der Waals surface area contributed by atoms with E-state index in [9.17, 15) is 4.79 Å². The molecule has 1 fully saturated rings. The monoisotopic (exact) mass is 335 g/mol. The minimum absolute atomic E-state index is 0.0662. The fourth-order valence-electron chi connectivity index (χ4n) is 2.61. The van der Waals surface area contributed by atoms with Crippen LogP contribution in [-0.4, -0.2) is 84.3 Å². The van der Waals surface area contributed by atoms with Crippen LogP contribution in [0.5, 0.6) is 0 Å². The Bertz CT molecular complexity index is 581. The third kappa shape index (κ3) is 4.47. The average molecular weight is 335 g/mol. The Morgan fingerprint density at radius 1 is 1.46 bits per heavy atom. The summed E-state index contributed by atoms with van der Waals surface area (Å²) in [6, 6.07) is 0.512. The number of carbonyl (C=O) groups is 1. The van der Waals surface area contributed by atoms with E-state index in [4.69, 9.17) is 0 Å². The molecule has 1 amide bonds. The number of hydrogen-bond acceptors (Lipinski definition) is 4. The minimum atomic E-state index is 0.0662. The van der Waals surface area contributed by atoms with Gasteiger partial charge in [0.25, 0.3) is 0 Å². The van der Waals surface area contributed by atoms with Gasteiger partial charge in [0, 0.05) is 52.5 Å². The van der Waals surface area contributed by atoms with Gasteiger partial charge in [0.2, 0.25) is 5.91 Å². The summed E-state index contributed by atoms with van der Waals surface area (Å²) in [5.41, 5.74) is 0.851. The molecule has 1 saturated heterocycles. The molecule has 1 aliphatic rings. The van der Waals surface area contributed by atoms with E-state index >= 15 is 0 Å². The zero-order valence-electron chi connectivity index (χ0n) is 15.4. The Morgan fingerprint density at radius 3 is 2.75 bits per heavy atom. The summed E-state index contributed by atoms with van der Waals surface area (Å²) in [6.07, 6.45) is 3.59. The summed E-state index contributed by atoms with van der Waals surface area (Å²) in [7, 11) is 5.71. The predicted octanol–water partition coefficient (Wildman–Crippen LogP) is -0.0157.